The van der Waals surface area contributed by atoms with E-state index in [2.05, 4.69) is 15.3 Å². The van der Waals surface area contributed by atoms with Crippen molar-refractivity contribution in [2.75, 3.05) is 20.3 Å². The Kier molecular flexibility index (Phi) is 3.56. The molecule has 1 aromatic rings. The maximum absolute atomic E-state index is 5.55. The van der Waals surface area contributed by atoms with Crippen LogP contribution in [0.1, 0.15) is 18.5 Å². The third-order valence-electron chi connectivity index (χ3n) is 2.60. The second-order valence-electron chi connectivity index (χ2n) is 3.94. The first kappa shape index (κ1) is 11.1. The van der Waals surface area contributed by atoms with Crippen molar-refractivity contribution in [3.8, 4) is 11.9 Å². The molecule has 1 unspecified atom stereocenters. The summed E-state index contributed by atoms with van der Waals surface area (Å²) in [6, 6.07) is 2.60. The Bertz CT molecular complexity index is 351. The molecule has 1 aliphatic heterocycles. The number of nitrogens with zero attached hydrogens (tertiary/aromatic N) is 2. The molecule has 1 saturated heterocycles. The monoisotopic (exact) mass is 223 g/mol. The SMILES string of the molecule is COc1cc(C)nc(OCC2CCCN2)n1. The zero-order chi connectivity index (χ0) is 11.4. The molecule has 88 valence electrons. The second kappa shape index (κ2) is 5.12. The van der Waals surface area contributed by atoms with Crippen molar-refractivity contribution in [2.24, 2.45) is 0 Å². The van der Waals surface area contributed by atoms with Gasteiger partial charge < -0.3 is 14.8 Å². The van der Waals surface area contributed by atoms with Crippen molar-refractivity contribution in [3.05, 3.63) is 11.8 Å². The zero-order valence-corrected chi connectivity index (χ0v) is 9.69. The van der Waals surface area contributed by atoms with Gasteiger partial charge in [-0.3, -0.25) is 0 Å². The zero-order valence-electron chi connectivity index (χ0n) is 9.69. The molecular formula is C11H17N3O2. The van der Waals surface area contributed by atoms with Crippen LogP contribution in [0.2, 0.25) is 0 Å². The summed E-state index contributed by atoms with van der Waals surface area (Å²) in [5.74, 6) is 0.543. The Morgan fingerprint density at radius 1 is 1.50 bits per heavy atom. The molecule has 0 amide bonds. The highest BCUT2D eigenvalue weighted by atomic mass is 16.5. The van der Waals surface area contributed by atoms with Gasteiger partial charge in [0.1, 0.15) is 6.61 Å². The predicted molar refractivity (Wildman–Crippen MR) is 59.8 cm³/mol. The minimum Gasteiger partial charge on any atom is -0.481 e. The van der Waals surface area contributed by atoms with E-state index in [1.54, 1.807) is 13.2 Å². The van der Waals surface area contributed by atoms with E-state index in [0.717, 1.165) is 18.7 Å². The van der Waals surface area contributed by atoms with Gasteiger partial charge in [-0.05, 0) is 26.3 Å². The third kappa shape index (κ3) is 2.82. The number of aryl methyl sites for hydroxylation is 1. The molecule has 0 bridgehead atoms. The number of aromatic nitrogens is 2. The van der Waals surface area contributed by atoms with E-state index in [1.807, 2.05) is 6.92 Å². The molecule has 0 spiro atoms. The summed E-state index contributed by atoms with van der Waals surface area (Å²) >= 11 is 0. The van der Waals surface area contributed by atoms with Crippen LogP contribution in [0.4, 0.5) is 0 Å². The summed E-state index contributed by atoms with van der Waals surface area (Å²) in [7, 11) is 1.59. The summed E-state index contributed by atoms with van der Waals surface area (Å²) in [5.41, 5.74) is 0.848. The lowest BCUT2D eigenvalue weighted by Gasteiger charge is -2.11. The lowest BCUT2D eigenvalue weighted by atomic mass is 10.2. The molecule has 16 heavy (non-hydrogen) atoms. The van der Waals surface area contributed by atoms with E-state index in [9.17, 15) is 0 Å². The molecule has 0 radical (unpaired) electrons. The maximum Gasteiger partial charge on any atom is 0.319 e. The van der Waals surface area contributed by atoms with Crippen LogP contribution in [0.5, 0.6) is 11.9 Å². The molecule has 1 N–H and O–H groups in total. The number of hydrogen-bond acceptors (Lipinski definition) is 5. The van der Waals surface area contributed by atoms with Crippen LogP contribution in [-0.4, -0.2) is 36.3 Å². The summed E-state index contributed by atoms with van der Waals surface area (Å²) in [4.78, 5) is 8.33. The van der Waals surface area contributed by atoms with E-state index in [1.165, 1.54) is 6.42 Å². The van der Waals surface area contributed by atoms with Crippen molar-refractivity contribution in [1.29, 1.82) is 0 Å². The van der Waals surface area contributed by atoms with Crippen LogP contribution in [0.25, 0.3) is 0 Å². The van der Waals surface area contributed by atoms with Gasteiger partial charge in [-0.2, -0.15) is 4.98 Å². The second-order valence-corrected chi connectivity index (χ2v) is 3.94. The molecule has 5 nitrogen and oxygen atoms in total. The van der Waals surface area contributed by atoms with Gasteiger partial charge in [-0.25, -0.2) is 4.98 Å². The fourth-order valence-electron chi connectivity index (χ4n) is 1.76. The van der Waals surface area contributed by atoms with Gasteiger partial charge in [-0.15, -0.1) is 0 Å². The Hall–Kier alpha value is -1.36. The number of ether oxygens (including phenoxy) is 2. The van der Waals surface area contributed by atoms with Crippen molar-refractivity contribution < 1.29 is 9.47 Å². The number of methoxy groups -OCH3 is 1. The van der Waals surface area contributed by atoms with Crippen molar-refractivity contribution in [3.63, 3.8) is 0 Å². The fourth-order valence-corrected chi connectivity index (χ4v) is 1.76. The number of rotatable bonds is 4. The molecule has 1 aliphatic rings. The maximum atomic E-state index is 5.55. The highest BCUT2D eigenvalue weighted by molar-refractivity contribution is 5.17. The van der Waals surface area contributed by atoms with Crippen LogP contribution in [0.3, 0.4) is 0 Å². The summed E-state index contributed by atoms with van der Waals surface area (Å²) < 4.78 is 10.6. The van der Waals surface area contributed by atoms with Gasteiger partial charge in [0.15, 0.2) is 0 Å². The van der Waals surface area contributed by atoms with Crippen LogP contribution in [0, 0.1) is 6.92 Å². The minimum absolute atomic E-state index is 0.394. The smallest absolute Gasteiger partial charge is 0.319 e. The lowest BCUT2D eigenvalue weighted by molar-refractivity contribution is 0.252. The average molecular weight is 223 g/mol. The average Bonchev–Trinajstić information content (AvgIpc) is 2.78. The van der Waals surface area contributed by atoms with Crippen LogP contribution in [0.15, 0.2) is 6.07 Å². The molecule has 5 heteroatoms. The molecule has 0 aromatic carbocycles. The van der Waals surface area contributed by atoms with Gasteiger partial charge >= 0.3 is 6.01 Å². The van der Waals surface area contributed by atoms with Crippen LogP contribution >= 0.6 is 0 Å². The van der Waals surface area contributed by atoms with Crippen molar-refractivity contribution in [2.45, 2.75) is 25.8 Å². The lowest BCUT2D eigenvalue weighted by Crippen LogP contribution is -2.28. The Morgan fingerprint density at radius 2 is 2.38 bits per heavy atom. The first-order valence-electron chi connectivity index (χ1n) is 5.54. The van der Waals surface area contributed by atoms with Gasteiger partial charge in [0.25, 0.3) is 0 Å². The Balaban J connectivity index is 1.94. The molecule has 1 atom stereocenters. The molecule has 1 aromatic heterocycles. The molecule has 2 heterocycles. The summed E-state index contributed by atoms with van der Waals surface area (Å²) in [5, 5.41) is 3.36. The molecule has 2 rings (SSSR count). The largest absolute Gasteiger partial charge is 0.481 e. The third-order valence-corrected chi connectivity index (χ3v) is 2.60. The Labute approximate surface area is 95.2 Å². The van der Waals surface area contributed by atoms with Gasteiger partial charge in [-0.1, -0.05) is 0 Å². The summed E-state index contributed by atoms with van der Waals surface area (Å²) in [6.45, 7) is 3.59. The quantitative estimate of drug-likeness (QED) is 0.822. The fraction of sp³-hybridized carbons (Fsp3) is 0.636. The minimum atomic E-state index is 0.394. The first-order valence-corrected chi connectivity index (χ1v) is 5.54. The van der Waals surface area contributed by atoms with Gasteiger partial charge in [0.2, 0.25) is 5.88 Å². The normalized spacial score (nSPS) is 19.8. The molecule has 0 saturated carbocycles. The van der Waals surface area contributed by atoms with E-state index < -0.39 is 0 Å². The number of nitrogens with one attached hydrogen (secondary N) is 1. The number of hydrogen-bond donors (Lipinski definition) is 1. The van der Waals surface area contributed by atoms with E-state index in [-0.39, 0.29) is 0 Å². The molecule has 1 fully saturated rings. The van der Waals surface area contributed by atoms with Gasteiger partial charge in [0, 0.05) is 17.8 Å². The van der Waals surface area contributed by atoms with Crippen molar-refractivity contribution in [1.82, 2.24) is 15.3 Å². The van der Waals surface area contributed by atoms with Gasteiger partial charge in [0.05, 0.1) is 7.11 Å². The highest BCUT2D eigenvalue weighted by Gasteiger charge is 2.15. The van der Waals surface area contributed by atoms with E-state index in [0.29, 0.717) is 24.5 Å². The van der Waals surface area contributed by atoms with Crippen molar-refractivity contribution >= 4 is 0 Å². The van der Waals surface area contributed by atoms with E-state index in [4.69, 9.17) is 9.47 Å². The van der Waals surface area contributed by atoms with Crippen LogP contribution < -0.4 is 14.8 Å². The Morgan fingerprint density at radius 3 is 3.06 bits per heavy atom. The predicted octanol–water partition coefficient (Wildman–Crippen LogP) is 0.924. The summed E-state index contributed by atoms with van der Waals surface area (Å²) in [6.07, 6.45) is 2.37. The first-order chi connectivity index (χ1) is 7.78. The standard InChI is InChI=1S/C11H17N3O2/c1-8-6-10(15-2)14-11(13-8)16-7-9-4-3-5-12-9/h6,9,12H,3-5,7H2,1-2H3. The topological polar surface area (TPSA) is 56.3 Å². The highest BCUT2D eigenvalue weighted by Crippen LogP contribution is 2.14. The van der Waals surface area contributed by atoms with Crippen LogP contribution in [-0.2, 0) is 0 Å². The van der Waals surface area contributed by atoms with E-state index >= 15 is 0 Å². The molecule has 0 aliphatic carbocycles. The molecular weight excluding hydrogens is 206 g/mol.